The zero-order valence-electron chi connectivity index (χ0n) is 15.6. The quantitative estimate of drug-likeness (QED) is 0.597. The van der Waals surface area contributed by atoms with Gasteiger partial charge in [-0.25, -0.2) is 4.98 Å². The Morgan fingerprint density at radius 1 is 1.19 bits per heavy atom. The Kier molecular flexibility index (Phi) is 4.69. The van der Waals surface area contributed by atoms with E-state index in [-0.39, 0.29) is 11.9 Å². The number of fused-ring (bicyclic) bond motifs is 1. The first kappa shape index (κ1) is 17.5. The zero-order chi connectivity index (χ0) is 18.3. The molecule has 0 bridgehead atoms. The summed E-state index contributed by atoms with van der Waals surface area (Å²) in [5.74, 6) is 1.03. The molecule has 1 saturated heterocycles. The molecule has 0 saturated carbocycles. The van der Waals surface area contributed by atoms with Crippen molar-refractivity contribution in [3.05, 3.63) is 46.1 Å². The molecule has 1 atom stereocenters. The lowest BCUT2D eigenvalue weighted by Crippen LogP contribution is -3.27. The highest BCUT2D eigenvalue weighted by Crippen LogP contribution is 2.35. The summed E-state index contributed by atoms with van der Waals surface area (Å²) in [4.78, 5) is 9.40. The normalized spacial score (nSPS) is 22.0. The van der Waals surface area contributed by atoms with Crippen LogP contribution >= 0.6 is 11.3 Å². The van der Waals surface area contributed by atoms with Gasteiger partial charge in [0.15, 0.2) is 11.9 Å². The van der Waals surface area contributed by atoms with Crippen LogP contribution in [-0.2, 0) is 6.42 Å². The molecule has 0 aliphatic carbocycles. The van der Waals surface area contributed by atoms with Crippen LogP contribution in [0.15, 0.2) is 24.3 Å². The second kappa shape index (κ2) is 6.98. The van der Waals surface area contributed by atoms with Crippen molar-refractivity contribution in [1.82, 2.24) is 14.6 Å². The van der Waals surface area contributed by atoms with Gasteiger partial charge < -0.3 is 14.9 Å². The lowest BCUT2D eigenvalue weighted by Gasteiger charge is -2.33. The highest BCUT2D eigenvalue weighted by atomic mass is 32.1. The maximum atomic E-state index is 10.9. The fourth-order valence-corrected chi connectivity index (χ4v) is 4.91. The number of aryl methyl sites for hydroxylation is 2. The van der Waals surface area contributed by atoms with E-state index in [1.165, 1.54) is 16.0 Å². The molecule has 3 N–H and O–H groups in total. The monoisotopic (exact) mass is 373 g/mol. The summed E-state index contributed by atoms with van der Waals surface area (Å²) in [6, 6.07) is 8.84. The Labute approximate surface area is 157 Å². The third-order valence-corrected chi connectivity index (χ3v) is 6.47. The summed E-state index contributed by atoms with van der Waals surface area (Å²) in [7, 11) is 2.25. The van der Waals surface area contributed by atoms with Crippen molar-refractivity contribution in [1.29, 1.82) is 0 Å². The van der Waals surface area contributed by atoms with E-state index >= 15 is 0 Å². The molecule has 1 aliphatic rings. The molecule has 0 spiro atoms. The molecule has 138 valence electrons. The van der Waals surface area contributed by atoms with Crippen molar-refractivity contribution < 1.29 is 14.9 Å². The summed E-state index contributed by atoms with van der Waals surface area (Å²) in [6.45, 7) is 8.63. The standard InChI is InChI=1S/C19H25N5OS/c1-4-15-20-19-24(21-15)18(25)17(26-19)16(14-7-5-13(2)6-8-14)23-11-9-22(3)10-12-23/h5-8,16,25H,4,9-12H2,1-3H3/p+2/t16-/m1/s1. The third-order valence-electron chi connectivity index (χ3n) is 5.39. The molecular weight excluding hydrogens is 346 g/mol. The van der Waals surface area contributed by atoms with E-state index in [1.807, 2.05) is 6.92 Å². The predicted molar refractivity (Wildman–Crippen MR) is 102 cm³/mol. The molecule has 6 nitrogen and oxygen atoms in total. The molecule has 0 amide bonds. The first-order chi connectivity index (χ1) is 12.6. The average molecular weight is 374 g/mol. The summed E-state index contributed by atoms with van der Waals surface area (Å²) in [6.07, 6.45) is 0.775. The molecular formula is C19H27N5OS+2. The number of likely N-dealkylation sites (N-methyl/N-ethyl adjacent to an activating group) is 1. The van der Waals surface area contributed by atoms with Crippen LogP contribution < -0.4 is 9.80 Å². The minimum atomic E-state index is 0.127. The number of hydrogen-bond donors (Lipinski definition) is 3. The number of thiazole rings is 1. The van der Waals surface area contributed by atoms with Gasteiger partial charge >= 0.3 is 0 Å². The second-order valence-corrected chi connectivity index (χ2v) is 8.33. The topological polar surface area (TPSA) is 59.3 Å². The molecule has 1 aliphatic heterocycles. The molecule has 3 heterocycles. The van der Waals surface area contributed by atoms with E-state index in [2.05, 4.69) is 48.3 Å². The molecule has 26 heavy (non-hydrogen) atoms. The number of hydrogen-bond acceptors (Lipinski definition) is 4. The van der Waals surface area contributed by atoms with Crippen molar-refractivity contribution in [2.45, 2.75) is 26.3 Å². The van der Waals surface area contributed by atoms with Gasteiger partial charge in [-0.05, 0) is 6.92 Å². The molecule has 0 unspecified atom stereocenters. The van der Waals surface area contributed by atoms with Crippen molar-refractivity contribution in [2.24, 2.45) is 0 Å². The number of rotatable bonds is 4. The Hall–Kier alpha value is -1.96. The van der Waals surface area contributed by atoms with E-state index in [9.17, 15) is 5.11 Å². The van der Waals surface area contributed by atoms with Gasteiger partial charge in [0.25, 0.3) is 0 Å². The molecule has 0 radical (unpaired) electrons. The molecule has 4 rings (SSSR count). The molecule has 3 aromatic rings. The number of aromatic nitrogens is 3. The fourth-order valence-electron chi connectivity index (χ4n) is 3.75. The smallest absolute Gasteiger partial charge is 0.235 e. The van der Waals surface area contributed by atoms with Gasteiger partial charge in [0.05, 0.1) is 7.05 Å². The second-order valence-electron chi connectivity index (χ2n) is 7.32. The van der Waals surface area contributed by atoms with Gasteiger partial charge in [-0.2, -0.15) is 4.52 Å². The van der Waals surface area contributed by atoms with Crippen LogP contribution in [0.5, 0.6) is 5.88 Å². The number of nitrogens with zero attached hydrogens (tertiary/aromatic N) is 3. The number of benzene rings is 1. The Balaban J connectivity index is 1.78. The van der Waals surface area contributed by atoms with Gasteiger partial charge in [0.1, 0.15) is 31.1 Å². The number of piperazine rings is 1. The van der Waals surface area contributed by atoms with Gasteiger partial charge in [0.2, 0.25) is 10.8 Å². The third kappa shape index (κ3) is 3.11. The maximum Gasteiger partial charge on any atom is 0.235 e. The minimum absolute atomic E-state index is 0.127. The Morgan fingerprint density at radius 3 is 2.50 bits per heavy atom. The average Bonchev–Trinajstić information content (AvgIpc) is 3.18. The van der Waals surface area contributed by atoms with Crippen molar-refractivity contribution in [3.63, 3.8) is 0 Å². The van der Waals surface area contributed by atoms with Crippen molar-refractivity contribution in [2.75, 3.05) is 33.2 Å². The van der Waals surface area contributed by atoms with Crippen LogP contribution in [0.1, 0.15) is 34.8 Å². The summed E-state index contributed by atoms with van der Waals surface area (Å²) in [5.41, 5.74) is 2.51. The van der Waals surface area contributed by atoms with Crippen LogP contribution in [0.2, 0.25) is 0 Å². The maximum absolute atomic E-state index is 10.9. The zero-order valence-corrected chi connectivity index (χ0v) is 16.4. The van der Waals surface area contributed by atoms with Gasteiger partial charge in [0, 0.05) is 12.0 Å². The summed E-state index contributed by atoms with van der Waals surface area (Å²) in [5, 5.41) is 15.4. The molecule has 7 heteroatoms. The summed E-state index contributed by atoms with van der Waals surface area (Å²) < 4.78 is 1.61. The fraction of sp³-hybridized carbons (Fsp3) is 0.474. The van der Waals surface area contributed by atoms with Crippen LogP contribution in [0.25, 0.3) is 4.96 Å². The van der Waals surface area contributed by atoms with Crippen molar-refractivity contribution >= 4 is 16.3 Å². The minimum Gasteiger partial charge on any atom is -0.492 e. The Bertz CT molecular complexity index is 893. The van der Waals surface area contributed by atoms with E-state index in [0.717, 1.165) is 48.3 Å². The van der Waals surface area contributed by atoms with E-state index < -0.39 is 0 Å². The lowest BCUT2D eigenvalue weighted by atomic mass is 10.0. The van der Waals surface area contributed by atoms with Gasteiger partial charge in [-0.15, -0.1) is 5.10 Å². The lowest BCUT2D eigenvalue weighted by molar-refractivity contribution is -1.02. The highest BCUT2D eigenvalue weighted by Gasteiger charge is 2.35. The van der Waals surface area contributed by atoms with E-state index in [1.54, 1.807) is 20.8 Å². The van der Waals surface area contributed by atoms with E-state index in [4.69, 9.17) is 0 Å². The predicted octanol–water partition coefficient (Wildman–Crippen LogP) is -0.130. The van der Waals surface area contributed by atoms with Crippen LogP contribution in [0.4, 0.5) is 0 Å². The number of nitrogens with one attached hydrogen (secondary N) is 2. The van der Waals surface area contributed by atoms with Gasteiger partial charge in [-0.3, -0.25) is 0 Å². The highest BCUT2D eigenvalue weighted by molar-refractivity contribution is 7.17. The summed E-state index contributed by atoms with van der Waals surface area (Å²) >= 11 is 1.57. The first-order valence-corrected chi connectivity index (χ1v) is 10.2. The van der Waals surface area contributed by atoms with Gasteiger partial charge in [-0.1, -0.05) is 48.1 Å². The van der Waals surface area contributed by atoms with Crippen LogP contribution in [-0.4, -0.2) is 52.9 Å². The Morgan fingerprint density at radius 2 is 1.88 bits per heavy atom. The molecule has 2 aromatic heterocycles. The number of quaternary nitrogens is 2. The van der Waals surface area contributed by atoms with Crippen LogP contribution in [0.3, 0.4) is 0 Å². The largest absolute Gasteiger partial charge is 0.492 e. The SMILES string of the molecule is CCc1nc2sc([C@@H](c3ccc(C)cc3)[NH+]3CC[NH+](C)CC3)c(O)n2n1. The van der Waals surface area contributed by atoms with E-state index in [0.29, 0.717) is 0 Å². The first-order valence-electron chi connectivity index (χ1n) is 9.36. The molecule has 1 fully saturated rings. The number of aromatic hydroxyl groups is 1. The van der Waals surface area contributed by atoms with Crippen molar-refractivity contribution in [3.8, 4) is 5.88 Å². The van der Waals surface area contributed by atoms with Crippen LogP contribution in [0, 0.1) is 6.92 Å². The molecule has 1 aromatic carbocycles.